The fourth-order valence-corrected chi connectivity index (χ4v) is 2.23. The van der Waals surface area contributed by atoms with Gasteiger partial charge < -0.3 is 9.64 Å². The van der Waals surface area contributed by atoms with E-state index in [0.717, 1.165) is 0 Å². The second kappa shape index (κ2) is 6.20. The first-order valence-electron chi connectivity index (χ1n) is 6.59. The lowest BCUT2D eigenvalue weighted by Crippen LogP contribution is -2.25. The molecule has 1 aliphatic rings. The Bertz CT molecular complexity index is 545. The number of nitriles is 1. The summed E-state index contributed by atoms with van der Waals surface area (Å²) in [6, 6.07) is 8.28. The van der Waals surface area contributed by atoms with Gasteiger partial charge in [-0.1, -0.05) is 0 Å². The van der Waals surface area contributed by atoms with Gasteiger partial charge in [0.1, 0.15) is 0 Å². The van der Waals surface area contributed by atoms with Crippen molar-refractivity contribution in [3.05, 3.63) is 35.4 Å². The van der Waals surface area contributed by atoms with Crippen LogP contribution in [0.3, 0.4) is 0 Å². The van der Waals surface area contributed by atoms with Crippen molar-refractivity contribution in [3.63, 3.8) is 0 Å². The molecule has 5 heteroatoms. The Morgan fingerprint density at radius 3 is 2.70 bits per heavy atom. The minimum absolute atomic E-state index is 0.0739. The SMILES string of the molecule is CCN1C[C@@H](COC(=O)c2ccc(C#N)cc2)CC1=O. The molecular formula is C15H16N2O3. The van der Waals surface area contributed by atoms with Crippen LogP contribution in [0.15, 0.2) is 24.3 Å². The van der Waals surface area contributed by atoms with Crippen molar-refractivity contribution < 1.29 is 14.3 Å². The van der Waals surface area contributed by atoms with Crippen molar-refractivity contribution in [3.8, 4) is 6.07 Å². The number of esters is 1. The number of carbonyl (C=O) groups excluding carboxylic acids is 2. The number of carbonyl (C=O) groups is 2. The normalized spacial score (nSPS) is 17.9. The van der Waals surface area contributed by atoms with E-state index >= 15 is 0 Å². The maximum Gasteiger partial charge on any atom is 0.338 e. The van der Waals surface area contributed by atoms with Gasteiger partial charge in [0, 0.05) is 25.4 Å². The standard InChI is InChI=1S/C15H16N2O3/c1-2-17-9-12(7-14(17)18)10-20-15(19)13-5-3-11(8-16)4-6-13/h3-6,12H,2,7,9-10H2,1H3/t12-/m0/s1. The molecule has 1 aromatic carbocycles. The minimum atomic E-state index is -0.420. The molecule has 0 N–H and O–H groups in total. The van der Waals surface area contributed by atoms with E-state index in [1.807, 2.05) is 13.0 Å². The largest absolute Gasteiger partial charge is 0.462 e. The molecule has 1 heterocycles. The van der Waals surface area contributed by atoms with Gasteiger partial charge in [-0.25, -0.2) is 4.79 Å². The van der Waals surface area contributed by atoms with Crippen molar-refractivity contribution in [2.24, 2.45) is 5.92 Å². The molecule has 0 aliphatic carbocycles. The summed E-state index contributed by atoms with van der Waals surface area (Å²) in [4.78, 5) is 25.1. The first kappa shape index (κ1) is 14.1. The van der Waals surface area contributed by atoms with E-state index < -0.39 is 5.97 Å². The molecule has 1 aromatic rings. The number of amides is 1. The van der Waals surface area contributed by atoms with Crippen molar-refractivity contribution in [2.45, 2.75) is 13.3 Å². The quantitative estimate of drug-likeness (QED) is 0.780. The first-order valence-corrected chi connectivity index (χ1v) is 6.59. The second-order valence-corrected chi connectivity index (χ2v) is 4.79. The Labute approximate surface area is 117 Å². The van der Waals surface area contributed by atoms with E-state index in [4.69, 9.17) is 10.00 Å². The zero-order chi connectivity index (χ0) is 14.5. The van der Waals surface area contributed by atoms with Crippen LogP contribution < -0.4 is 0 Å². The molecule has 0 unspecified atom stereocenters. The predicted molar refractivity (Wildman–Crippen MR) is 71.8 cm³/mol. The van der Waals surface area contributed by atoms with Crippen LogP contribution >= 0.6 is 0 Å². The highest BCUT2D eigenvalue weighted by molar-refractivity contribution is 5.89. The summed E-state index contributed by atoms with van der Waals surface area (Å²) in [5.74, 6) is -0.228. The van der Waals surface area contributed by atoms with Crippen LogP contribution in [-0.4, -0.2) is 36.5 Å². The highest BCUT2D eigenvalue weighted by atomic mass is 16.5. The summed E-state index contributed by atoms with van der Waals surface area (Å²) in [7, 11) is 0. The highest BCUT2D eigenvalue weighted by Gasteiger charge is 2.29. The van der Waals surface area contributed by atoms with Crippen LogP contribution in [0.5, 0.6) is 0 Å². The molecule has 1 aliphatic heterocycles. The zero-order valence-corrected chi connectivity index (χ0v) is 11.3. The molecule has 1 atom stereocenters. The molecular weight excluding hydrogens is 256 g/mol. The number of nitrogens with zero attached hydrogens (tertiary/aromatic N) is 2. The van der Waals surface area contributed by atoms with Gasteiger partial charge in [0.2, 0.25) is 5.91 Å². The molecule has 1 saturated heterocycles. The van der Waals surface area contributed by atoms with Crippen molar-refractivity contribution >= 4 is 11.9 Å². The summed E-state index contributed by atoms with van der Waals surface area (Å²) in [6.45, 7) is 3.53. The number of hydrogen-bond donors (Lipinski definition) is 0. The number of rotatable bonds is 4. The van der Waals surface area contributed by atoms with Gasteiger partial charge in [0.05, 0.1) is 23.8 Å². The van der Waals surface area contributed by atoms with Crippen LogP contribution in [0.2, 0.25) is 0 Å². The Kier molecular flexibility index (Phi) is 4.36. The summed E-state index contributed by atoms with van der Waals surface area (Å²) in [5.41, 5.74) is 0.919. The number of ether oxygens (including phenoxy) is 1. The molecule has 5 nitrogen and oxygen atoms in total. The van der Waals surface area contributed by atoms with Gasteiger partial charge >= 0.3 is 5.97 Å². The highest BCUT2D eigenvalue weighted by Crippen LogP contribution is 2.18. The Balaban J connectivity index is 1.86. The van der Waals surface area contributed by atoms with Crippen LogP contribution in [0, 0.1) is 17.2 Å². The average molecular weight is 272 g/mol. The number of likely N-dealkylation sites (tertiary alicyclic amines) is 1. The van der Waals surface area contributed by atoms with E-state index in [1.165, 1.54) is 0 Å². The third-order valence-electron chi connectivity index (χ3n) is 3.38. The summed E-state index contributed by atoms with van der Waals surface area (Å²) in [5, 5.41) is 8.68. The zero-order valence-electron chi connectivity index (χ0n) is 11.3. The van der Waals surface area contributed by atoms with E-state index in [1.54, 1.807) is 29.2 Å². The maximum atomic E-state index is 11.8. The summed E-state index contributed by atoms with van der Waals surface area (Å²) in [6.07, 6.45) is 0.439. The molecule has 0 spiro atoms. The van der Waals surface area contributed by atoms with Gasteiger partial charge in [-0.05, 0) is 31.2 Å². The van der Waals surface area contributed by atoms with E-state index in [9.17, 15) is 9.59 Å². The third kappa shape index (κ3) is 3.15. The van der Waals surface area contributed by atoms with Crippen molar-refractivity contribution in [1.29, 1.82) is 5.26 Å². The lowest BCUT2D eigenvalue weighted by Gasteiger charge is -2.13. The van der Waals surface area contributed by atoms with Gasteiger partial charge in [-0.15, -0.1) is 0 Å². The van der Waals surface area contributed by atoms with Crippen LogP contribution in [-0.2, 0) is 9.53 Å². The number of hydrogen-bond acceptors (Lipinski definition) is 4. The monoisotopic (exact) mass is 272 g/mol. The Morgan fingerprint density at radius 1 is 1.45 bits per heavy atom. The van der Waals surface area contributed by atoms with Crippen molar-refractivity contribution in [2.75, 3.05) is 19.7 Å². The third-order valence-corrected chi connectivity index (χ3v) is 3.38. The number of benzene rings is 1. The fraction of sp³-hybridized carbons (Fsp3) is 0.400. The molecule has 1 amide bonds. The molecule has 1 fully saturated rings. The molecule has 104 valence electrons. The average Bonchev–Trinajstić information content (AvgIpc) is 2.85. The lowest BCUT2D eigenvalue weighted by atomic mass is 10.1. The van der Waals surface area contributed by atoms with Crippen LogP contribution in [0.1, 0.15) is 29.3 Å². The first-order chi connectivity index (χ1) is 9.63. The smallest absolute Gasteiger partial charge is 0.338 e. The lowest BCUT2D eigenvalue weighted by molar-refractivity contribution is -0.127. The van der Waals surface area contributed by atoms with Gasteiger partial charge in [-0.2, -0.15) is 5.26 Å². The molecule has 0 aromatic heterocycles. The van der Waals surface area contributed by atoms with Crippen molar-refractivity contribution in [1.82, 2.24) is 4.90 Å². The molecule has 0 saturated carbocycles. The van der Waals surface area contributed by atoms with Crippen LogP contribution in [0.25, 0.3) is 0 Å². The molecule has 0 radical (unpaired) electrons. The second-order valence-electron chi connectivity index (χ2n) is 4.79. The molecule has 20 heavy (non-hydrogen) atoms. The fourth-order valence-electron chi connectivity index (χ4n) is 2.23. The van der Waals surface area contributed by atoms with E-state index in [-0.39, 0.29) is 18.4 Å². The Morgan fingerprint density at radius 2 is 2.15 bits per heavy atom. The summed E-state index contributed by atoms with van der Waals surface area (Å²) < 4.78 is 5.23. The minimum Gasteiger partial charge on any atom is -0.462 e. The van der Waals surface area contributed by atoms with Crippen LogP contribution in [0.4, 0.5) is 0 Å². The predicted octanol–water partition coefficient (Wildman–Crippen LogP) is 1.58. The molecule has 2 rings (SSSR count). The van der Waals surface area contributed by atoms with E-state index in [0.29, 0.717) is 30.6 Å². The van der Waals surface area contributed by atoms with Gasteiger partial charge in [-0.3, -0.25) is 4.79 Å². The van der Waals surface area contributed by atoms with Gasteiger partial charge in [0.25, 0.3) is 0 Å². The molecule has 0 bridgehead atoms. The Hall–Kier alpha value is -2.35. The topological polar surface area (TPSA) is 70.4 Å². The summed E-state index contributed by atoms with van der Waals surface area (Å²) >= 11 is 0. The van der Waals surface area contributed by atoms with E-state index in [2.05, 4.69) is 0 Å². The maximum absolute atomic E-state index is 11.8. The van der Waals surface area contributed by atoms with Gasteiger partial charge in [0.15, 0.2) is 0 Å².